The Bertz CT molecular complexity index is 1210. The van der Waals surface area contributed by atoms with E-state index in [9.17, 15) is 4.79 Å². The van der Waals surface area contributed by atoms with Crippen molar-refractivity contribution in [2.45, 2.75) is 13.0 Å². The van der Waals surface area contributed by atoms with E-state index < -0.39 is 0 Å². The molecular weight excluding hydrogens is 420 g/mol. The van der Waals surface area contributed by atoms with Gasteiger partial charge in [-0.3, -0.25) is 14.1 Å². The summed E-state index contributed by atoms with van der Waals surface area (Å²) in [6, 6.07) is 18.4. The van der Waals surface area contributed by atoms with Crippen LogP contribution in [0.15, 0.2) is 66.2 Å². The molecule has 1 fully saturated rings. The second-order valence-corrected chi connectivity index (χ2v) is 8.89. The van der Waals surface area contributed by atoms with Gasteiger partial charge in [-0.25, -0.2) is 4.98 Å². The fourth-order valence-corrected chi connectivity index (χ4v) is 5.01. The van der Waals surface area contributed by atoms with Gasteiger partial charge in [-0.1, -0.05) is 42.5 Å². The predicted molar refractivity (Wildman–Crippen MR) is 127 cm³/mol. The van der Waals surface area contributed by atoms with Gasteiger partial charge >= 0.3 is 0 Å². The highest BCUT2D eigenvalue weighted by Gasteiger charge is 2.22. The number of imidazole rings is 1. The second kappa shape index (κ2) is 9.14. The monoisotopic (exact) mass is 446 g/mol. The number of hydrogen-bond donors (Lipinski definition) is 0. The zero-order chi connectivity index (χ0) is 21.9. The Balaban J connectivity index is 1.23. The van der Waals surface area contributed by atoms with Gasteiger partial charge in [0.1, 0.15) is 5.75 Å². The van der Waals surface area contributed by atoms with Crippen LogP contribution in [0.1, 0.15) is 11.3 Å². The maximum atomic E-state index is 13.0. The molecule has 1 amide bonds. The number of amides is 1. The van der Waals surface area contributed by atoms with Crippen LogP contribution in [0.5, 0.6) is 5.75 Å². The van der Waals surface area contributed by atoms with Gasteiger partial charge in [-0.2, -0.15) is 0 Å². The van der Waals surface area contributed by atoms with E-state index in [0.29, 0.717) is 6.42 Å². The third-order valence-corrected chi connectivity index (χ3v) is 6.84. The molecule has 0 bridgehead atoms. The van der Waals surface area contributed by atoms with Gasteiger partial charge in [0.05, 0.1) is 19.2 Å². The highest BCUT2D eigenvalue weighted by atomic mass is 32.1. The molecule has 32 heavy (non-hydrogen) atoms. The lowest BCUT2D eigenvalue weighted by molar-refractivity contribution is -0.132. The number of rotatable bonds is 6. The molecule has 0 N–H and O–H groups in total. The molecule has 0 aliphatic carbocycles. The van der Waals surface area contributed by atoms with Gasteiger partial charge in [0, 0.05) is 55.6 Å². The van der Waals surface area contributed by atoms with Crippen molar-refractivity contribution in [2.75, 3.05) is 33.3 Å². The van der Waals surface area contributed by atoms with Crippen LogP contribution in [0.3, 0.4) is 0 Å². The van der Waals surface area contributed by atoms with Gasteiger partial charge in [-0.15, -0.1) is 11.3 Å². The molecule has 5 rings (SSSR count). The van der Waals surface area contributed by atoms with E-state index in [0.717, 1.165) is 60.4 Å². The molecule has 2 aromatic carbocycles. The smallest absolute Gasteiger partial charge is 0.228 e. The first-order valence-corrected chi connectivity index (χ1v) is 11.7. The third kappa shape index (κ3) is 4.40. The van der Waals surface area contributed by atoms with Crippen molar-refractivity contribution in [1.82, 2.24) is 19.2 Å². The van der Waals surface area contributed by atoms with Crippen molar-refractivity contribution in [1.29, 1.82) is 0 Å². The molecule has 0 spiro atoms. The van der Waals surface area contributed by atoms with Crippen molar-refractivity contribution in [3.8, 4) is 17.0 Å². The highest BCUT2D eigenvalue weighted by molar-refractivity contribution is 7.15. The van der Waals surface area contributed by atoms with Crippen LogP contribution < -0.4 is 4.74 Å². The number of thiazole rings is 1. The van der Waals surface area contributed by atoms with E-state index >= 15 is 0 Å². The van der Waals surface area contributed by atoms with Crippen molar-refractivity contribution < 1.29 is 9.53 Å². The van der Waals surface area contributed by atoms with Gasteiger partial charge in [-0.05, 0) is 17.7 Å². The van der Waals surface area contributed by atoms with E-state index in [4.69, 9.17) is 9.72 Å². The summed E-state index contributed by atoms with van der Waals surface area (Å²) in [7, 11) is 1.66. The normalized spacial score (nSPS) is 14.7. The topological polar surface area (TPSA) is 50.1 Å². The van der Waals surface area contributed by atoms with Gasteiger partial charge in [0.2, 0.25) is 5.91 Å². The lowest BCUT2D eigenvalue weighted by atomic mass is 10.1. The summed E-state index contributed by atoms with van der Waals surface area (Å²) in [6.07, 6.45) is 2.41. The van der Waals surface area contributed by atoms with Crippen LogP contribution in [-0.4, -0.2) is 58.4 Å². The number of hydrogen-bond acceptors (Lipinski definition) is 5. The van der Waals surface area contributed by atoms with Crippen LogP contribution in [0.4, 0.5) is 0 Å². The van der Waals surface area contributed by atoms with Crippen molar-refractivity contribution in [3.05, 3.63) is 77.4 Å². The molecule has 0 atom stereocenters. The molecule has 6 nitrogen and oxygen atoms in total. The first-order chi connectivity index (χ1) is 15.7. The molecule has 3 heterocycles. The largest absolute Gasteiger partial charge is 0.497 e. The Morgan fingerprint density at radius 3 is 2.66 bits per heavy atom. The number of ether oxygens (including phenoxy) is 1. The Labute approximate surface area is 191 Å². The first kappa shape index (κ1) is 20.7. The number of carbonyl (C=O) groups is 1. The Morgan fingerprint density at radius 1 is 1.06 bits per heavy atom. The molecule has 1 aliphatic rings. The van der Waals surface area contributed by atoms with E-state index in [1.165, 1.54) is 5.56 Å². The highest BCUT2D eigenvalue weighted by Crippen LogP contribution is 2.26. The number of aromatic nitrogens is 2. The molecule has 7 heteroatoms. The lowest BCUT2D eigenvalue weighted by Crippen LogP contribution is -2.48. The summed E-state index contributed by atoms with van der Waals surface area (Å²) in [5.41, 5.74) is 4.20. The number of benzene rings is 2. The minimum absolute atomic E-state index is 0.181. The first-order valence-electron chi connectivity index (χ1n) is 10.8. The fourth-order valence-electron chi connectivity index (χ4n) is 4.14. The van der Waals surface area contributed by atoms with Gasteiger partial charge < -0.3 is 9.64 Å². The molecule has 0 radical (unpaired) electrons. The molecule has 164 valence electrons. The fraction of sp³-hybridized carbons (Fsp3) is 0.280. The lowest BCUT2D eigenvalue weighted by Gasteiger charge is -2.34. The number of piperazine rings is 1. The quantitative estimate of drug-likeness (QED) is 0.450. The summed E-state index contributed by atoms with van der Waals surface area (Å²) < 4.78 is 7.38. The molecule has 4 aromatic rings. The van der Waals surface area contributed by atoms with E-state index in [1.54, 1.807) is 18.4 Å². The van der Waals surface area contributed by atoms with Crippen molar-refractivity contribution >= 4 is 22.2 Å². The Morgan fingerprint density at radius 2 is 1.88 bits per heavy atom. The van der Waals surface area contributed by atoms with Crippen LogP contribution in [-0.2, 0) is 17.8 Å². The third-order valence-electron chi connectivity index (χ3n) is 5.96. The average molecular weight is 447 g/mol. The number of carbonyl (C=O) groups excluding carboxylic acids is 1. The van der Waals surface area contributed by atoms with Gasteiger partial charge in [0.25, 0.3) is 0 Å². The molecule has 0 saturated carbocycles. The molecule has 1 aliphatic heterocycles. The minimum atomic E-state index is 0.181. The zero-order valence-corrected chi connectivity index (χ0v) is 18.9. The van der Waals surface area contributed by atoms with Crippen LogP contribution in [0, 0.1) is 0 Å². The summed E-state index contributed by atoms with van der Waals surface area (Å²) >= 11 is 1.57. The summed E-state index contributed by atoms with van der Waals surface area (Å²) in [6.45, 7) is 4.31. The van der Waals surface area contributed by atoms with Crippen molar-refractivity contribution in [3.63, 3.8) is 0 Å². The predicted octanol–water partition coefficient (Wildman–Crippen LogP) is 3.96. The summed E-state index contributed by atoms with van der Waals surface area (Å²) in [5, 5.41) is 2.04. The van der Waals surface area contributed by atoms with Crippen LogP contribution >= 0.6 is 11.3 Å². The van der Waals surface area contributed by atoms with Gasteiger partial charge in [0.15, 0.2) is 4.96 Å². The van der Waals surface area contributed by atoms with Crippen LogP contribution in [0.2, 0.25) is 0 Å². The Hall–Kier alpha value is -3.16. The molecular formula is C25H26N4O2S. The minimum Gasteiger partial charge on any atom is -0.497 e. The summed E-state index contributed by atoms with van der Waals surface area (Å²) in [5.74, 6) is 0.987. The van der Waals surface area contributed by atoms with E-state index in [1.807, 2.05) is 51.2 Å². The summed E-state index contributed by atoms with van der Waals surface area (Å²) in [4.78, 5) is 23.0. The maximum Gasteiger partial charge on any atom is 0.228 e. The molecule has 0 unspecified atom stereocenters. The van der Waals surface area contributed by atoms with E-state index in [-0.39, 0.29) is 5.91 Å². The Kier molecular flexibility index (Phi) is 5.92. The second-order valence-electron chi connectivity index (χ2n) is 8.06. The number of fused-ring (bicyclic) bond motifs is 1. The van der Waals surface area contributed by atoms with E-state index in [2.05, 4.69) is 29.2 Å². The average Bonchev–Trinajstić information content (AvgIpc) is 3.42. The standard InChI is InChI=1S/C25H26N4O2S/c1-31-22-9-5-8-20(14-22)23-17-29-21(18-32-25(29)26-23)15-24(30)28-12-10-27(11-13-28)16-19-6-3-2-4-7-19/h2-9,14,17-18H,10-13,15-16H2,1H3. The van der Waals surface area contributed by atoms with Crippen LogP contribution in [0.25, 0.3) is 16.2 Å². The number of nitrogens with zero attached hydrogens (tertiary/aromatic N) is 4. The zero-order valence-electron chi connectivity index (χ0n) is 18.1. The SMILES string of the molecule is COc1cccc(-c2cn3c(CC(=O)N4CCN(Cc5ccccc5)CC4)csc3n2)c1. The molecule has 2 aromatic heterocycles. The maximum absolute atomic E-state index is 13.0. The number of methoxy groups -OCH3 is 1. The van der Waals surface area contributed by atoms with Crippen molar-refractivity contribution in [2.24, 2.45) is 0 Å². The molecule has 1 saturated heterocycles.